The Morgan fingerprint density at radius 1 is 1.20 bits per heavy atom. The van der Waals surface area contributed by atoms with Crippen molar-refractivity contribution in [2.75, 3.05) is 0 Å². The second-order valence-corrected chi connectivity index (χ2v) is 1.61. The Hall–Kier alpha value is -1.65. The Labute approximate surface area is 56.2 Å². The summed E-state index contributed by atoms with van der Waals surface area (Å²) in [5, 5.41) is 7.19. The van der Waals surface area contributed by atoms with Crippen LogP contribution in [-0.4, -0.2) is 25.1 Å². The molecule has 0 aliphatic carbocycles. The van der Waals surface area contributed by atoms with Crippen LogP contribution in [0.25, 0.3) is 11.3 Å². The molecule has 0 spiro atoms. The van der Waals surface area contributed by atoms with Gasteiger partial charge in [0.25, 0.3) is 0 Å². The third-order valence-electron chi connectivity index (χ3n) is 0.999. The topological polar surface area (TPSA) is 64.5 Å². The number of hydrogen-bond donors (Lipinski definition) is 0. The van der Waals surface area contributed by atoms with Crippen LogP contribution in [0.1, 0.15) is 0 Å². The molecule has 2 aromatic rings. The van der Waals surface area contributed by atoms with Crippen LogP contribution in [0.15, 0.2) is 12.5 Å². The number of nitrogens with zero attached hydrogens (tertiary/aromatic N) is 5. The summed E-state index contributed by atoms with van der Waals surface area (Å²) in [4.78, 5) is 11.4. The first kappa shape index (κ1) is 5.16. The summed E-state index contributed by atoms with van der Waals surface area (Å²) in [5.74, 6) is 0. The van der Waals surface area contributed by atoms with Crippen molar-refractivity contribution >= 4 is 11.3 Å². The summed E-state index contributed by atoms with van der Waals surface area (Å²) < 4.78 is 0. The molecule has 2 rings (SSSR count). The van der Waals surface area contributed by atoms with Crippen LogP contribution in [0.3, 0.4) is 0 Å². The molecule has 0 saturated carbocycles. The van der Waals surface area contributed by atoms with Crippen molar-refractivity contribution in [2.45, 2.75) is 0 Å². The summed E-state index contributed by atoms with van der Waals surface area (Å²) in [6.45, 7) is 0. The Balaban J connectivity index is 2.89. The number of aromatic nitrogens is 5. The van der Waals surface area contributed by atoms with Gasteiger partial charge in [0, 0.05) is 0 Å². The van der Waals surface area contributed by atoms with Crippen LogP contribution >= 0.6 is 0 Å². The molecular weight excluding hydrogens is 130 g/mol. The van der Waals surface area contributed by atoms with Crippen molar-refractivity contribution in [1.82, 2.24) is 25.1 Å². The quantitative estimate of drug-likeness (QED) is 0.488. The highest BCUT2D eigenvalue weighted by molar-refractivity contribution is 5.61. The molecule has 2 heterocycles. The van der Waals surface area contributed by atoms with Crippen molar-refractivity contribution in [3.05, 3.63) is 18.7 Å². The van der Waals surface area contributed by atoms with E-state index < -0.39 is 0 Å². The molecule has 0 aliphatic heterocycles. The summed E-state index contributed by atoms with van der Waals surface area (Å²) in [6, 6.07) is 0. The zero-order chi connectivity index (χ0) is 6.81. The molecule has 0 unspecified atom stereocenters. The zero-order valence-corrected chi connectivity index (χ0v) is 4.89. The van der Waals surface area contributed by atoms with Crippen LogP contribution in [0, 0.1) is 6.20 Å². The molecule has 2 aromatic heterocycles. The number of hydrogen-bond acceptors (Lipinski definition) is 5. The van der Waals surface area contributed by atoms with Gasteiger partial charge in [0.15, 0.2) is 0 Å². The average Bonchev–Trinajstić information content (AvgIpc) is 2.05. The fraction of sp³-hybridized carbons (Fsp3) is 0. The normalized spacial score (nSPS) is 10.0. The summed E-state index contributed by atoms with van der Waals surface area (Å²) >= 11 is 0. The smallest absolute Gasteiger partial charge is 0.220 e. The van der Waals surface area contributed by atoms with Gasteiger partial charge in [-0.3, -0.25) is 0 Å². The van der Waals surface area contributed by atoms with E-state index in [0.717, 1.165) is 0 Å². The van der Waals surface area contributed by atoms with Gasteiger partial charge in [0.05, 0.1) is 6.20 Å². The highest BCUT2D eigenvalue weighted by Gasteiger charge is 1.93. The Morgan fingerprint density at radius 3 is 3.10 bits per heavy atom. The van der Waals surface area contributed by atoms with Gasteiger partial charge in [-0.25, -0.2) is 15.0 Å². The Kier molecular flexibility index (Phi) is 1.00. The molecule has 0 saturated heterocycles. The van der Waals surface area contributed by atoms with E-state index in [4.69, 9.17) is 0 Å². The molecule has 0 N–H and O–H groups in total. The predicted molar refractivity (Wildman–Crippen MR) is 31.8 cm³/mol. The second-order valence-electron chi connectivity index (χ2n) is 1.61. The van der Waals surface area contributed by atoms with Crippen LogP contribution in [-0.2, 0) is 0 Å². The molecule has 0 amide bonds. The van der Waals surface area contributed by atoms with E-state index in [-0.39, 0.29) is 0 Å². The van der Waals surface area contributed by atoms with Crippen LogP contribution in [0.2, 0.25) is 0 Å². The molecule has 0 fully saturated rings. The van der Waals surface area contributed by atoms with E-state index >= 15 is 0 Å². The fourth-order valence-corrected chi connectivity index (χ4v) is 0.607. The lowest BCUT2D eigenvalue weighted by molar-refractivity contribution is 0.983. The molecule has 1 radical (unpaired) electrons. The maximum atomic E-state index is 3.85. The maximum Gasteiger partial charge on any atom is 0.220 e. The van der Waals surface area contributed by atoms with Gasteiger partial charge >= 0.3 is 0 Å². The van der Waals surface area contributed by atoms with E-state index in [1.165, 1.54) is 12.5 Å². The summed E-state index contributed by atoms with van der Waals surface area (Å²) in [5.41, 5.74) is 0.916. The molecule has 0 aromatic carbocycles. The second kappa shape index (κ2) is 1.94. The minimum Gasteiger partial charge on any atom is -0.231 e. The van der Waals surface area contributed by atoms with Crippen LogP contribution in [0.5, 0.6) is 0 Å². The molecule has 10 heavy (non-hydrogen) atoms. The first-order chi connectivity index (χ1) is 4.97. The first-order valence-corrected chi connectivity index (χ1v) is 2.63. The number of rotatable bonds is 0. The minimum absolute atomic E-state index is 0.421. The van der Waals surface area contributed by atoms with E-state index in [2.05, 4.69) is 31.3 Å². The van der Waals surface area contributed by atoms with E-state index in [9.17, 15) is 0 Å². The maximum absolute atomic E-state index is 3.85. The van der Waals surface area contributed by atoms with Gasteiger partial charge in [-0.2, -0.15) is 0 Å². The molecule has 47 valence electrons. The summed E-state index contributed by atoms with van der Waals surface area (Å²) in [7, 11) is 0. The highest BCUT2D eigenvalue weighted by Crippen LogP contribution is 1.93. The lowest BCUT2D eigenvalue weighted by Crippen LogP contribution is -1.91. The van der Waals surface area contributed by atoms with Gasteiger partial charge in [-0.15, -0.1) is 10.2 Å². The van der Waals surface area contributed by atoms with Gasteiger partial charge in [0.1, 0.15) is 12.5 Å². The molecule has 5 nitrogen and oxygen atoms in total. The van der Waals surface area contributed by atoms with Crippen LogP contribution < -0.4 is 0 Å². The number of fused-ring (bicyclic) bond motifs is 1. The Bertz CT molecular complexity index is 281. The molecule has 0 atom stereocenters. The lowest BCUT2D eigenvalue weighted by Gasteiger charge is -1.87. The SMILES string of the molecule is [c]1cnc2ncnnc2n1. The van der Waals surface area contributed by atoms with Crippen molar-refractivity contribution < 1.29 is 0 Å². The van der Waals surface area contributed by atoms with Gasteiger partial charge < -0.3 is 0 Å². The van der Waals surface area contributed by atoms with Gasteiger partial charge in [-0.05, 0) is 0 Å². The van der Waals surface area contributed by atoms with E-state index in [0.29, 0.717) is 11.3 Å². The van der Waals surface area contributed by atoms with Crippen molar-refractivity contribution in [2.24, 2.45) is 0 Å². The van der Waals surface area contributed by atoms with Crippen LogP contribution in [0.4, 0.5) is 0 Å². The summed E-state index contributed by atoms with van der Waals surface area (Å²) in [6.07, 6.45) is 5.30. The zero-order valence-electron chi connectivity index (χ0n) is 4.89. The van der Waals surface area contributed by atoms with E-state index in [1.807, 2.05) is 0 Å². The predicted octanol–water partition coefficient (Wildman–Crippen LogP) is -0.385. The van der Waals surface area contributed by atoms with Gasteiger partial charge in [0.2, 0.25) is 11.3 Å². The monoisotopic (exact) mass is 132 g/mol. The van der Waals surface area contributed by atoms with Crippen molar-refractivity contribution in [3.8, 4) is 0 Å². The van der Waals surface area contributed by atoms with E-state index in [1.54, 1.807) is 0 Å². The lowest BCUT2D eigenvalue weighted by atomic mass is 10.6. The third-order valence-corrected chi connectivity index (χ3v) is 0.999. The Morgan fingerprint density at radius 2 is 2.20 bits per heavy atom. The van der Waals surface area contributed by atoms with Crippen molar-refractivity contribution in [1.29, 1.82) is 0 Å². The van der Waals surface area contributed by atoms with Gasteiger partial charge in [-0.1, -0.05) is 0 Å². The molecule has 5 heteroatoms. The largest absolute Gasteiger partial charge is 0.231 e. The standard InChI is InChI=1S/C5H2N5/c1-2-7-5-4(6-1)8-3-9-10-5/h1,3H. The first-order valence-electron chi connectivity index (χ1n) is 2.63. The van der Waals surface area contributed by atoms with Crippen molar-refractivity contribution in [3.63, 3.8) is 0 Å². The minimum atomic E-state index is 0.421. The average molecular weight is 132 g/mol. The molecule has 0 bridgehead atoms. The third kappa shape index (κ3) is 0.680. The fourth-order valence-electron chi connectivity index (χ4n) is 0.607. The molecule has 0 aliphatic rings. The highest BCUT2D eigenvalue weighted by atomic mass is 15.2. The molecular formula is C5H2N5.